The first-order chi connectivity index (χ1) is 11.4. The molecule has 0 bridgehead atoms. The predicted octanol–water partition coefficient (Wildman–Crippen LogP) is 2.17. The third-order valence-electron chi connectivity index (χ3n) is 4.99. The Morgan fingerprint density at radius 2 is 0.800 bits per heavy atom. The third-order valence-corrected chi connectivity index (χ3v) is 4.99. The van der Waals surface area contributed by atoms with E-state index in [0.29, 0.717) is 0 Å². The Labute approximate surface area is 137 Å². The summed E-state index contributed by atoms with van der Waals surface area (Å²) in [4.78, 5) is 0. The number of hydrogen-bond donors (Lipinski definition) is 0. The first-order valence-corrected chi connectivity index (χ1v) is 7.40. The molecule has 2 aromatic rings. The van der Waals surface area contributed by atoms with E-state index in [-0.39, 0.29) is 0 Å². The normalized spacial score (nSPS) is 16.0. The zero-order valence-corrected chi connectivity index (χ0v) is 13.2. The van der Waals surface area contributed by atoms with Gasteiger partial charge in [-0.15, -0.1) is 0 Å². The summed E-state index contributed by atoms with van der Waals surface area (Å²) in [6, 6.07) is 0. The minimum Gasteiger partial charge on any atom is -0.232 e. The van der Waals surface area contributed by atoms with Gasteiger partial charge in [0, 0.05) is 6.15 Å². The lowest BCUT2D eigenvalue weighted by Crippen LogP contribution is -2.76. The summed E-state index contributed by atoms with van der Waals surface area (Å²) in [5, 5.41) is 0. The average molecular weight is 363 g/mol. The van der Waals surface area contributed by atoms with Gasteiger partial charge in [-0.1, -0.05) is 6.71 Å². The first kappa shape index (κ1) is 17.8. The molecule has 2 aromatic carbocycles. The molecule has 0 spiro atoms. The number of halogens is 8. The van der Waals surface area contributed by atoms with Crippen LogP contribution in [0.15, 0.2) is 0 Å². The lowest BCUT2D eigenvalue weighted by Gasteiger charge is -2.51. The molecule has 10 heteroatoms. The van der Waals surface area contributed by atoms with Crippen molar-refractivity contribution in [3.8, 4) is 0 Å². The van der Waals surface area contributed by atoms with Crippen LogP contribution in [0, 0.1) is 46.5 Å². The van der Waals surface area contributed by atoms with Crippen LogP contribution in [0.3, 0.4) is 0 Å². The quantitative estimate of drug-likeness (QED) is 0.292. The Hall–Kier alpha value is -1.99. The minimum absolute atomic E-state index is 0.708. The van der Waals surface area contributed by atoms with Crippen LogP contribution in [0.25, 0.3) is 0 Å². The Balaban J connectivity index is 2.56. The second kappa shape index (κ2) is 5.25. The van der Waals surface area contributed by atoms with Crippen LogP contribution >= 0.6 is 0 Å². The maximum absolute atomic E-state index is 14.3. The van der Waals surface area contributed by atoms with Crippen molar-refractivity contribution in [1.82, 2.24) is 0 Å². The second-order valence-corrected chi connectivity index (χ2v) is 6.76. The van der Waals surface area contributed by atoms with Crippen molar-refractivity contribution in [3.05, 3.63) is 46.5 Å². The lowest BCUT2D eigenvalue weighted by molar-refractivity contribution is 0.413. The van der Waals surface area contributed by atoms with Gasteiger partial charge in [0.1, 0.15) is 23.3 Å². The van der Waals surface area contributed by atoms with E-state index in [0.717, 1.165) is 20.5 Å². The lowest BCUT2D eigenvalue weighted by atomic mass is 9.13. The van der Waals surface area contributed by atoms with E-state index in [1.54, 1.807) is 0 Å². The van der Waals surface area contributed by atoms with Gasteiger partial charge in [0.05, 0.1) is 0 Å². The zero-order valence-electron chi connectivity index (χ0n) is 13.2. The summed E-state index contributed by atoms with van der Waals surface area (Å²) in [5.41, 5.74) is -2.89. The summed E-state index contributed by atoms with van der Waals surface area (Å²) in [6.07, 6.45) is -2.79. The third kappa shape index (κ3) is 2.02. The maximum Gasteiger partial charge on any atom is 0.193 e. The second-order valence-electron chi connectivity index (χ2n) is 6.76. The summed E-state index contributed by atoms with van der Waals surface area (Å²) in [5.74, 6) is -15.5. The average Bonchev–Trinajstić information content (AvgIpc) is 2.55. The molecule has 1 aliphatic rings. The minimum atomic E-state index is -2.79. The molecule has 3 rings (SSSR count). The van der Waals surface area contributed by atoms with Gasteiger partial charge in [-0.05, 0) is 0 Å². The highest BCUT2D eigenvalue weighted by molar-refractivity contribution is 7.10. The highest BCUT2D eigenvalue weighted by Crippen LogP contribution is 2.22. The molecule has 25 heavy (non-hydrogen) atoms. The van der Waals surface area contributed by atoms with E-state index in [1.807, 2.05) is 0 Å². The number of benzene rings is 2. The maximum atomic E-state index is 14.3. The molecule has 0 saturated carbocycles. The van der Waals surface area contributed by atoms with Crippen LogP contribution in [0.2, 0.25) is 20.5 Å². The standard InChI is InChI=1S/C15H9B2F8/c1-16-4-6(10(20)14(24)12(22)8(4)18)17(2,3)7-5(16)9(19)13(23)15(25)11(7)21/h1-3H3/q-2. The van der Waals surface area contributed by atoms with Crippen molar-refractivity contribution < 1.29 is 35.1 Å². The summed E-state index contributed by atoms with van der Waals surface area (Å²) in [6.45, 7) is 1.71. The fourth-order valence-corrected chi connectivity index (χ4v) is 3.88. The van der Waals surface area contributed by atoms with Crippen LogP contribution < -0.4 is 21.9 Å². The van der Waals surface area contributed by atoms with Gasteiger partial charge in [-0.2, -0.15) is 13.6 Å². The van der Waals surface area contributed by atoms with Crippen LogP contribution in [0.4, 0.5) is 35.1 Å². The molecular formula is C15H9B2F8-2. The van der Waals surface area contributed by atoms with Gasteiger partial charge in [-0.3, -0.25) is 0 Å². The molecule has 0 N–H and O–H groups in total. The largest absolute Gasteiger partial charge is 0.232 e. The molecule has 0 atom stereocenters. The molecule has 0 nitrogen and oxygen atoms in total. The fraction of sp³-hybridized carbons (Fsp3) is 0.200. The van der Waals surface area contributed by atoms with Gasteiger partial charge in [0.2, 0.25) is 0 Å². The highest BCUT2D eigenvalue weighted by atomic mass is 19.2. The molecular weight excluding hydrogens is 354 g/mol. The van der Waals surface area contributed by atoms with Gasteiger partial charge >= 0.3 is 0 Å². The molecule has 1 radical (unpaired) electrons. The van der Waals surface area contributed by atoms with E-state index >= 15 is 0 Å². The zero-order chi connectivity index (χ0) is 19.0. The van der Waals surface area contributed by atoms with Gasteiger partial charge in [0.15, 0.2) is 23.3 Å². The van der Waals surface area contributed by atoms with E-state index in [2.05, 4.69) is 0 Å². The Kier molecular flexibility index (Phi) is 3.74. The van der Waals surface area contributed by atoms with E-state index in [9.17, 15) is 35.1 Å². The van der Waals surface area contributed by atoms with Crippen LogP contribution in [-0.2, 0) is 0 Å². The fourth-order valence-electron chi connectivity index (χ4n) is 3.88. The van der Waals surface area contributed by atoms with Crippen molar-refractivity contribution in [3.63, 3.8) is 0 Å². The van der Waals surface area contributed by atoms with E-state index in [1.165, 1.54) is 0 Å². The molecule has 1 aliphatic heterocycles. The van der Waals surface area contributed by atoms with Gasteiger partial charge < -0.3 is 0 Å². The Bertz CT molecular complexity index is 865. The summed E-state index contributed by atoms with van der Waals surface area (Å²) < 4.78 is 112. The topological polar surface area (TPSA) is 0 Å². The van der Waals surface area contributed by atoms with Gasteiger partial charge in [-0.25, -0.2) is 63.8 Å². The Morgan fingerprint density at radius 1 is 0.520 bits per heavy atom. The molecule has 0 amide bonds. The SMILES string of the molecule is C[B-]1c2c(F)c(F)c(F)c(F)c2[B-](C)(C)c2c(F)c(F)c(F)c(F)c21. The van der Waals surface area contributed by atoms with Crippen molar-refractivity contribution in [2.45, 2.75) is 20.5 Å². The molecule has 133 valence electrons. The van der Waals surface area contributed by atoms with Crippen molar-refractivity contribution in [1.29, 1.82) is 0 Å². The van der Waals surface area contributed by atoms with E-state index in [4.69, 9.17) is 0 Å². The van der Waals surface area contributed by atoms with Gasteiger partial charge in [0.25, 0.3) is 0 Å². The smallest absolute Gasteiger partial charge is 0.193 e. The Morgan fingerprint density at radius 3 is 1.12 bits per heavy atom. The van der Waals surface area contributed by atoms with Crippen LogP contribution in [0.1, 0.15) is 0 Å². The van der Waals surface area contributed by atoms with Crippen molar-refractivity contribution >= 4 is 34.7 Å². The highest BCUT2D eigenvalue weighted by Gasteiger charge is 2.37. The summed E-state index contributed by atoms with van der Waals surface area (Å²) >= 11 is 0. The number of fused-ring (bicyclic) bond motifs is 2. The summed E-state index contributed by atoms with van der Waals surface area (Å²) in [7, 11) is 0. The van der Waals surface area contributed by atoms with Crippen LogP contribution in [0.5, 0.6) is 0 Å². The molecule has 0 fully saturated rings. The molecule has 0 aliphatic carbocycles. The molecule has 0 saturated heterocycles. The first-order valence-electron chi connectivity index (χ1n) is 7.40. The molecule has 0 aromatic heterocycles. The van der Waals surface area contributed by atoms with Crippen LogP contribution in [-0.4, -0.2) is 12.9 Å². The number of hydrogen-bond acceptors (Lipinski definition) is 0. The van der Waals surface area contributed by atoms with Crippen molar-refractivity contribution in [2.24, 2.45) is 0 Å². The van der Waals surface area contributed by atoms with E-state index < -0.39 is 81.2 Å². The molecule has 1 heterocycles. The monoisotopic (exact) mass is 363 g/mol. The number of rotatable bonds is 0. The predicted molar refractivity (Wildman–Crippen MR) is 80.2 cm³/mol. The van der Waals surface area contributed by atoms with Crippen molar-refractivity contribution in [2.75, 3.05) is 0 Å². The molecule has 0 unspecified atom stereocenters.